The zero-order valence-electron chi connectivity index (χ0n) is 5.79. The van der Waals surface area contributed by atoms with Gasteiger partial charge in [-0.05, 0) is 12.8 Å². The van der Waals surface area contributed by atoms with Gasteiger partial charge in [-0.2, -0.15) is 5.06 Å². The number of hydroxylamine groups is 2. The number of nitrogens with zero attached hydrogens (tertiary/aromatic N) is 1. The summed E-state index contributed by atoms with van der Waals surface area (Å²) < 4.78 is 0. The molecule has 0 atom stereocenters. The van der Waals surface area contributed by atoms with Crippen molar-refractivity contribution in [3.05, 3.63) is 0 Å². The minimum atomic E-state index is -0.242. The van der Waals surface area contributed by atoms with Crippen molar-refractivity contribution in [2.75, 3.05) is 13.1 Å². The molecule has 3 N–H and O–H groups in total. The van der Waals surface area contributed by atoms with E-state index in [4.69, 9.17) is 10.9 Å². The van der Waals surface area contributed by atoms with Crippen LogP contribution in [0.4, 0.5) is 0 Å². The Morgan fingerprint density at radius 3 is 2.40 bits per heavy atom. The van der Waals surface area contributed by atoms with Gasteiger partial charge in [0.25, 0.3) is 0 Å². The fourth-order valence-electron chi connectivity index (χ4n) is 1.15. The normalized spacial score (nSPS) is 22.9. The molecule has 0 unspecified atom stereocenters. The summed E-state index contributed by atoms with van der Waals surface area (Å²) in [6, 6.07) is 0. The van der Waals surface area contributed by atoms with Gasteiger partial charge in [0.05, 0.1) is 0 Å². The first kappa shape index (κ1) is 7.50. The largest absolute Gasteiger partial charge is 0.369 e. The third-order valence-corrected chi connectivity index (χ3v) is 1.87. The minimum absolute atomic E-state index is 0.0246. The van der Waals surface area contributed by atoms with Gasteiger partial charge in [-0.25, -0.2) is 0 Å². The van der Waals surface area contributed by atoms with Gasteiger partial charge < -0.3 is 10.9 Å². The lowest BCUT2D eigenvalue weighted by molar-refractivity contribution is -0.133. The molecular weight excluding hydrogens is 132 g/mol. The molecule has 1 aliphatic heterocycles. The molecule has 0 aromatic heterocycles. The fraction of sp³-hybridized carbons (Fsp3) is 0.833. The van der Waals surface area contributed by atoms with Crippen LogP contribution in [0, 0.1) is 5.92 Å². The topological polar surface area (TPSA) is 66.6 Å². The van der Waals surface area contributed by atoms with Crippen LogP contribution in [-0.4, -0.2) is 29.3 Å². The molecule has 0 saturated carbocycles. The summed E-state index contributed by atoms with van der Waals surface area (Å²) in [4.78, 5) is 10.6. The first-order chi connectivity index (χ1) is 4.70. The van der Waals surface area contributed by atoms with E-state index in [9.17, 15) is 4.79 Å². The van der Waals surface area contributed by atoms with Crippen molar-refractivity contribution < 1.29 is 10.0 Å². The molecule has 10 heavy (non-hydrogen) atoms. The Bertz CT molecular complexity index is 130. The molecule has 1 aliphatic rings. The van der Waals surface area contributed by atoms with E-state index >= 15 is 0 Å². The Morgan fingerprint density at radius 2 is 2.00 bits per heavy atom. The average Bonchev–Trinajstić information content (AvgIpc) is 1.88. The van der Waals surface area contributed by atoms with E-state index in [1.807, 2.05) is 0 Å². The van der Waals surface area contributed by atoms with Crippen LogP contribution in [0.25, 0.3) is 0 Å². The molecule has 58 valence electrons. The molecule has 1 fully saturated rings. The number of hydrogen-bond acceptors (Lipinski definition) is 3. The Morgan fingerprint density at radius 1 is 1.50 bits per heavy atom. The van der Waals surface area contributed by atoms with Gasteiger partial charge in [-0.15, -0.1) is 0 Å². The van der Waals surface area contributed by atoms with Crippen LogP contribution < -0.4 is 5.73 Å². The number of amides is 1. The number of carbonyl (C=O) groups is 1. The van der Waals surface area contributed by atoms with Crippen molar-refractivity contribution in [3.8, 4) is 0 Å². The highest BCUT2D eigenvalue weighted by Crippen LogP contribution is 2.14. The maximum absolute atomic E-state index is 10.6. The molecule has 0 bridgehead atoms. The van der Waals surface area contributed by atoms with Gasteiger partial charge >= 0.3 is 0 Å². The lowest BCUT2D eigenvalue weighted by Gasteiger charge is -2.24. The van der Waals surface area contributed by atoms with E-state index in [0.29, 0.717) is 25.9 Å². The van der Waals surface area contributed by atoms with Gasteiger partial charge in [0.15, 0.2) is 0 Å². The molecule has 1 heterocycles. The molecule has 1 rings (SSSR count). The van der Waals surface area contributed by atoms with Crippen LogP contribution in [0.15, 0.2) is 0 Å². The fourth-order valence-corrected chi connectivity index (χ4v) is 1.15. The van der Waals surface area contributed by atoms with Crippen LogP contribution in [0.5, 0.6) is 0 Å². The average molecular weight is 144 g/mol. The number of nitrogens with two attached hydrogens (primary N) is 1. The maximum Gasteiger partial charge on any atom is 0.220 e. The molecule has 4 nitrogen and oxygen atoms in total. The minimum Gasteiger partial charge on any atom is -0.369 e. The second-order valence-electron chi connectivity index (χ2n) is 2.63. The van der Waals surface area contributed by atoms with Crippen LogP contribution in [0.1, 0.15) is 12.8 Å². The van der Waals surface area contributed by atoms with E-state index in [1.54, 1.807) is 0 Å². The summed E-state index contributed by atoms with van der Waals surface area (Å²) in [5, 5.41) is 10.1. The van der Waals surface area contributed by atoms with Crippen LogP contribution in [0.2, 0.25) is 0 Å². The van der Waals surface area contributed by atoms with E-state index in [0.717, 1.165) is 0 Å². The highest BCUT2D eigenvalue weighted by molar-refractivity contribution is 5.76. The molecule has 4 heteroatoms. The van der Waals surface area contributed by atoms with Gasteiger partial charge in [0, 0.05) is 19.0 Å². The lowest BCUT2D eigenvalue weighted by Crippen LogP contribution is -2.36. The molecule has 0 aromatic rings. The van der Waals surface area contributed by atoms with E-state index in [1.165, 1.54) is 5.06 Å². The quantitative estimate of drug-likeness (QED) is 0.525. The Balaban J connectivity index is 2.33. The van der Waals surface area contributed by atoms with Crippen molar-refractivity contribution in [3.63, 3.8) is 0 Å². The second kappa shape index (κ2) is 2.98. The zero-order valence-corrected chi connectivity index (χ0v) is 5.79. The van der Waals surface area contributed by atoms with Crippen LogP contribution >= 0.6 is 0 Å². The first-order valence-electron chi connectivity index (χ1n) is 3.43. The summed E-state index contributed by atoms with van der Waals surface area (Å²) >= 11 is 0. The maximum atomic E-state index is 10.6. The van der Waals surface area contributed by atoms with Crippen molar-refractivity contribution in [1.82, 2.24) is 5.06 Å². The van der Waals surface area contributed by atoms with E-state index in [2.05, 4.69) is 0 Å². The Labute approximate surface area is 59.6 Å². The predicted octanol–water partition coefficient (Wildman–Crippen LogP) is -0.427. The van der Waals surface area contributed by atoms with Crippen molar-refractivity contribution >= 4 is 5.91 Å². The molecule has 0 radical (unpaired) electrons. The molecule has 0 aromatic carbocycles. The standard InChI is InChI=1S/C6H12N2O2/c7-6(9)5-1-3-8(10)4-2-5/h5,10H,1-4H2,(H2,7,9). The second-order valence-corrected chi connectivity index (χ2v) is 2.63. The molecular formula is C6H12N2O2. The molecule has 0 spiro atoms. The number of primary amides is 1. The summed E-state index contributed by atoms with van der Waals surface area (Å²) in [5.41, 5.74) is 5.07. The van der Waals surface area contributed by atoms with Crippen molar-refractivity contribution in [2.45, 2.75) is 12.8 Å². The predicted molar refractivity (Wildman–Crippen MR) is 35.3 cm³/mol. The monoisotopic (exact) mass is 144 g/mol. The number of hydrogen-bond donors (Lipinski definition) is 2. The first-order valence-corrected chi connectivity index (χ1v) is 3.43. The Kier molecular flexibility index (Phi) is 2.24. The van der Waals surface area contributed by atoms with Gasteiger partial charge in [-0.3, -0.25) is 4.79 Å². The van der Waals surface area contributed by atoms with Crippen LogP contribution in [0.3, 0.4) is 0 Å². The SMILES string of the molecule is NC(=O)C1CCN(O)CC1. The smallest absolute Gasteiger partial charge is 0.220 e. The van der Waals surface area contributed by atoms with Crippen molar-refractivity contribution in [1.29, 1.82) is 0 Å². The molecule has 1 saturated heterocycles. The van der Waals surface area contributed by atoms with Crippen molar-refractivity contribution in [2.24, 2.45) is 11.7 Å². The Hall–Kier alpha value is -0.610. The summed E-state index contributed by atoms with van der Waals surface area (Å²) in [7, 11) is 0. The van der Waals surface area contributed by atoms with E-state index in [-0.39, 0.29) is 11.8 Å². The third-order valence-electron chi connectivity index (χ3n) is 1.87. The number of carbonyl (C=O) groups excluding carboxylic acids is 1. The van der Waals surface area contributed by atoms with Gasteiger partial charge in [0.1, 0.15) is 0 Å². The summed E-state index contributed by atoms with van der Waals surface area (Å²) in [5.74, 6) is -0.267. The lowest BCUT2D eigenvalue weighted by atomic mass is 9.98. The summed E-state index contributed by atoms with van der Waals surface area (Å²) in [6.45, 7) is 1.13. The molecule has 1 amide bonds. The summed E-state index contributed by atoms with van der Waals surface area (Å²) in [6.07, 6.45) is 1.37. The molecule has 0 aliphatic carbocycles. The number of rotatable bonds is 1. The van der Waals surface area contributed by atoms with Gasteiger partial charge in [0.2, 0.25) is 5.91 Å². The van der Waals surface area contributed by atoms with Crippen LogP contribution in [-0.2, 0) is 4.79 Å². The third kappa shape index (κ3) is 1.68. The van der Waals surface area contributed by atoms with E-state index < -0.39 is 0 Å². The zero-order chi connectivity index (χ0) is 7.56. The highest BCUT2D eigenvalue weighted by atomic mass is 16.5. The number of piperidine rings is 1. The van der Waals surface area contributed by atoms with Gasteiger partial charge in [-0.1, -0.05) is 0 Å². The highest BCUT2D eigenvalue weighted by Gasteiger charge is 2.21.